The van der Waals surface area contributed by atoms with Gasteiger partial charge in [0.1, 0.15) is 12.5 Å². The first-order valence-electron chi connectivity index (χ1n) is 5.94. The lowest BCUT2D eigenvalue weighted by Crippen LogP contribution is -2.49. The molecule has 1 saturated heterocycles. The lowest BCUT2D eigenvalue weighted by Gasteiger charge is -2.26. The van der Waals surface area contributed by atoms with Crippen molar-refractivity contribution >= 4 is 18.0 Å². The van der Waals surface area contributed by atoms with Gasteiger partial charge >= 0.3 is 18.0 Å². The maximum absolute atomic E-state index is 11.8. The van der Waals surface area contributed by atoms with Crippen LogP contribution in [-0.4, -0.2) is 67.4 Å². The van der Waals surface area contributed by atoms with Crippen LogP contribution in [0.25, 0.3) is 0 Å². The molecule has 0 aliphatic carbocycles. The average Bonchev–Trinajstić information content (AvgIpc) is 2.84. The zero-order valence-electron chi connectivity index (χ0n) is 10.9. The summed E-state index contributed by atoms with van der Waals surface area (Å²) < 4.78 is 9.74. The predicted molar refractivity (Wildman–Crippen MR) is 63.5 cm³/mol. The normalized spacial score (nSPS) is 21.8. The van der Waals surface area contributed by atoms with Crippen LogP contribution in [0.15, 0.2) is 0 Å². The molecule has 8 nitrogen and oxygen atoms in total. The number of amides is 2. The zero-order chi connectivity index (χ0) is 14.4. The average molecular weight is 274 g/mol. The summed E-state index contributed by atoms with van der Waals surface area (Å²) in [6.07, 6.45) is 0. The molecule has 0 aromatic heterocycles. The number of hydrogen-bond donors (Lipinski definition) is 2. The van der Waals surface area contributed by atoms with Gasteiger partial charge in [0.2, 0.25) is 0 Å². The number of carboxylic acids is 1. The van der Waals surface area contributed by atoms with Gasteiger partial charge in [-0.15, -0.1) is 0 Å². The third-order valence-corrected chi connectivity index (χ3v) is 2.87. The number of esters is 1. The quantitative estimate of drug-likeness (QED) is 0.642. The number of rotatable bonds is 5. The second kappa shape index (κ2) is 6.93. The molecule has 0 saturated carbocycles. The van der Waals surface area contributed by atoms with Crippen LogP contribution >= 0.6 is 0 Å². The first-order chi connectivity index (χ1) is 8.97. The van der Waals surface area contributed by atoms with Crippen molar-refractivity contribution in [3.8, 4) is 0 Å². The second-order valence-electron chi connectivity index (χ2n) is 4.12. The maximum atomic E-state index is 11.8. The highest BCUT2D eigenvalue weighted by molar-refractivity contribution is 5.81. The molecule has 2 atom stereocenters. The Morgan fingerprint density at radius 2 is 2.11 bits per heavy atom. The van der Waals surface area contributed by atoms with Gasteiger partial charge in [-0.25, -0.2) is 4.79 Å². The molecule has 0 radical (unpaired) electrons. The molecule has 2 unspecified atom stereocenters. The van der Waals surface area contributed by atoms with Crippen LogP contribution < -0.4 is 5.32 Å². The van der Waals surface area contributed by atoms with Crippen LogP contribution in [0.2, 0.25) is 0 Å². The van der Waals surface area contributed by atoms with Crippen LogP contribution in [0.3, 0.4) is 0 Å². The number of likely N-dealkylation sites (N-methyl/N-ethyl adjacent to an activating group) is 1. The number of carbonyl (C=O) groups is 3. The van der Waals surface area contributed by atoms with Crippen LogP contribution in [0, 0.1) is 5.92 Å². The summed E-state index contributed by atoms with van der Waals surface area (Å²) in [4.78, 5) is 35.1. The Morgan fingerprint density at radius 3 is 2.68 bits per heavy atom. The molecule has 0 aromatic rings. The Hall–Kier alpha value is -1.83. The van der Waals surface area contributed by atoms with Crippen molar-refractivity contribution < 1.29 is 29.0 Å². The van der Waals surface area contributed by atoms with E-state index in [1.807, 2.05) is 0 Å². The Bertz CT molecular complexity index is 359. The van der Waals surface area contributed by atoms with E-state index in [0.29, 0.717) is 0 Å². The molecule has 19 heavy (non-hydrogen) atoms. The lowest BCUT2D eigenvalue weighted by molar-refractivity contribution is -0.143. The number of urea groups is 1. The summed E-state index contributed by atoms with van der Waals surface area (Å²) in [5.74, 6) is -2.30. The number of carboxylic acid groups (broad SMARTS) is 1. The van der Waals surface area contributed by atoms with E-state index in [2.05, 4.69) is 10.1 Å². The highest BCUT2D eigenvalue weighted by Gasteiger charge is 2.38. The van der Waals surface area contributed by atoms with Crippen molar-refractivity contribution in [2.45, 2.75) is 13.0 Å². The largest absolute Gasteiger partial charge is 0.481 e. The van der Waals surface area contributed by atoms with E-state index in [9.17, 15) is 14.4 Å². The standard InChI is InChI=1S/C11H18N2O6/c1-3-19-9(14)4-12-11(17)13(2)8-6-18-5-7(8)10(15)16/h7-8H,3-6H2,1-2H3,(H,12,17)(H,15,16). The number of carbonyl (C=O) groups excluding carboxylic acids is 2. The molecule has 108 valence electrons. The van der Waals surface area contributed by atoms with E-state index in [-0.39, 0.29) is 26.4 Å². The Kier molecular flexibility index (Phi) is 5.56. The molecular weight excluding hydrogens is 256 g/mol. The molecule has 1 heterocycles. The number of aliphatic carboxylic acids is 1. The molecular formula is C11H18N2O6. The van der Waals surface area contributed by atoms with Crippen LogP contribution in [0.4, 0.5) is 4.79 Å². The monoisotopic (exact) mass is 274 g/mol. The smallest absolute Gasteiger partial charge is 0.325 e. The Morgan fingerprint density at radius 1 is 1.42 bits per heavy atom. The highest BCUT2D eigenvalue weighted by atomic mass is 16.5. The number of hydrogen-bond acceptors (Lipinski definition) is 5. The maximum Gasteiger partial charge on any atom is 0.325 e. The summed E-state index contributed by atoms with van der Waals surface area (Å²) in [7, 11) is 1.47. The van der Waals surface area contributed by atoms with Gasteiger partial charge in [-0.3, -0.25) is 9.59 Å². The van der Waals surface area contributed by atoms with E-state index in [4.69, 9.17) is 9.84 Å². The molecule has 0 aromatic carbocycles. The minimum Gasteiger partial charge on any atom is -0.481 e. The zero-order valence-corrected chi connectivity index (χ0v) is 10.9. The molecule has 1 aliphatic heterocycles. The van der Waals surface area contributed by atoms with Gasteiger partial charge in [-0.2, -0.15) is 0 Å². The third kappa shape index (κ3) is 4.09. The molecule has 0 spiro atoms. The fourth-order valence-corrected chi connectivity index (χ4v) is 1.80. The molecule has 1 fully saturated rings. The lowest BCUT2D eigenvalue weighted by atomic mass is 10.0. The van der Waals surface area contributed by atoms with E-state index in [0.717, 1.165) is 0 Å². The van der Waals surface area contributed by atoms with Gasteiger partial charge < -0.3 is 24.8 Å². The summed E-state index contributed by atoms with van der Waals surface area (Å²) in [6.45, 7) is 1.90. The van der Waals surface area contributed by atoms with E-state index >= 15 is 0 Å². The topological polar surface area (TPSA) is 105 Å². The molecule has 0 bridgehead atoms. The van der Waals surface area contributed by atoms with Gasteiger partial charge in [0.15, 0.2) is 0 Å². The first-order valence-corrected chi connectivity index (χ1v) is 5.94. The Balaban J connectivity index is 2.47. The fraction of sp³-hybridized carbons (Fsp3) is 0.727. The van der Waals surface area contributed by atoms with Crippen molar-refractivity contribution in [1.29, 1.82) is 0 Å². The fourth-order valence-electron chi connectivity index (χ4n) is 1.80. The van der Waals surface area contributed by atoms with Gasteiger partial charge in [0.25, 0.3) is 0 Å². The van der Waals surface area contributed by atoms with Gasteiger partial charge in [0.05, 0.1) is 25.9 Å². The number of nitrogens with one attached hydrogen (secondary N) is 1. The molecule has 2 N–H and O–H groups in total. The third-order valence-electron chi connectivity index (χ3n) is 2.87. The molecule has 8 heteroatoms. The second-order valence-corrected chi connectivity index (χ2v) is 4.12. The van der Waals surface area contributed by atoms with Gasteiger partial charge in [-0.05, 0) is 6.92 Å². The van der Waals surface area contributed by atoms with Crippen LogP contribution in [-0.2, 0) is 19.1 Å². The van der Waals surface area contributed by atoms with Crippen molar-refractivity contribution in [2.24, 2.45) is 5.92 Å². The van der Waals surface area contributed by atoms with Crippen molar-refractivity contribution in [3.63, 3.8) is 0 Å². The van der Waals surface area contributed by atoms with Crippen molar-refractivity contribution in [2.75, 3.05) is 33.4 Å². The summed E-state index contributed by atoms with van der Waals surface area (Å²) in [5.41, 5.74) is 0. The van der Waals surface area contributed by atoms with Crippen LogP contribution in [0.5, 0.6) is 0 Å². The van der Waals surface area contributed by atoms with Crippen molar-refractivity contribution in [1.82, 2.24) is 10.2 Å². The van der Waals surface area contributed by atoms with Crippen LogP contribution in [0.1, 0.15) is 6.92 Å². The highest BCUT2D eigenvalue weighted by Crippen LogP contribution is 2.18. The van der Waals surface area contributed by atoms with E-state index < -0.39 is 29.9 Å². The number of nitrogens with zero attached hydrogens (tertiary/aromatic N) is 1. The van der Waals surface area contributed by atoms with Gasteiger partial charge in [0, 0.05) is 7.05 Å². The van der Waals surface area contributed by atoms with Crippen molar-refractivity contribution in [3.05, 3.63) is 0 Å². The minimum absolute atomic E-state index is 0.0789. The summed E-state index contributed by atoms with van der Waals surface area (Å²) in [5, 5.41) is 11.4. The number of ether oxygens (including phenoxy) is 2. The predicted octanol–water partition coefficient (Wildman–Crippen LogP) is -0.709. The van der Waals surface area contributed by atoms with Gasteiger partial charge in [-0.1, -0.05) is 0 Å². The molecule has 1 aliphatic rings. The van der Waals surface area contributed by atoms with E-state index in [1.165, 1.54) is 11.9 Å². The summed E-state index contributed by atoms with van der Waals surface area (Å²) in [6, 6.07) is -1.07. The SMILES string of the molecule is CCOC(=O)CNC(=O)N(C)C1COCC1C(=O)O. The Labute approximate surface area is 110 Å². The summed E-state index contributed by atoms with van der Waals surface area (Å²) >= 11 is 0. The minimum atomic E-state index is -1.01. The molecule has 1 rings (SSSR count). The first kappa shape index (κ1) is 15.2. The van der Waals surface area contributed by atoms with E-state index in [1.54, 1.807) is 6.92 Å². The molecule has 2 amide bonds.